The number of nitrogens with zero attached hydrogens (tertiary/aromatic N) is 4. The van der Waals surface area contributed by atoms with Gasteiger partial charge in [-0.1, -0.05) is 5.16 Å². The number of halogens is 1. The summed E-state index contributed by atoms with van der Waals surface area (Å²) in [5, 5.41) is 11.1. The number of carbonyl (C=O) groups excluding carboxylic acids is 1. The largest absolute Gasteiger partial charge is 0.348 e. The summed E-state index contributed by atoms with van der Waals surface area (Å²) in [6.07, 6.45) is 13.2. The first-order valence-electron chi connectivity index (χ1n) is 9.86. The summed E-state index contributed by atoms with van der Waals surface area (Å²) < 4.78 is 7.90. The molecule has 0 atom stereocenters. The van der Waals surface area contributed by atoms with Gasteiger partial charge in [0, 0.05) is 12.7 Å². The van der Waals surface area contributed by atoms with Gasteiger partial charge in [0.15, 0.2) is 5.82 Å². The molecule has 2 heterocycles. The lowest BCUT2D eigenvalue weighted by atomic mass is 9.49. The van der Waals surface area contributed by atoms with Gasteiger partial charge in [-0.3, -0.25) is 9.48 Å². The predicted molar refractivity (Wildman–Crippen MR) is 106 cm³/mol. The minimum atomic E-state index is -0.270. The highest BCUT2D eigenvalue weighted by molar-refractivity contribution is 14.1. The Morgan fingerprint density at radius 3 is 2.59 bits per heavy atom. The molecule has 4 fully saturated rings. The molecule has 0 aliphatic heterocycles. The van der Waals surface area contributed by atoms with Gasteiger partial charge in [0.1, 0.15) is 6.54 Å². The van der Waals surface area contributed by atoms with Crippen molar-refractivity contribution in [3.63, 3.8) is 0 Å². The SMILES string of the molecule is O=C(NCCC12CC3CC(CC(C3)C1)C2)c1nc(Cn2cc(I)cn2)no1. The summed E-state index contributed by atoms with van der Waals surface area (Å²) in [6, 6.07) is 0. The number of amides is 1. The lowest BCUT2D eigenvalue weighted by Gasteiger charge is -2.57. The first-order valence-corrected chi connectivity index (χ1v) is 10.9. The number of carbonyl (C=O) groups is 1. The molecule has 6 rings (SSSR count). The first kappa shape index (κ1) is 17.6. The summed E-state index contributed by atoms with van der Waals surface area (Å²) in [7, 11) is 0. The third-order valence-electron chi connectivity index (χ3n) is 6.67. The molecular formula is C19H24IN5O2. The van der Waals surface area contributed by atoms with Crippen molar-refractivity contribution in [3.05, 3.63) is 27.7 Å². The van der Waals surface area contributed by atoms with Gasteiger partial charge >= 0.3 is 11.8 Å². The second-order valence-electron chi connectivity index (χ2n) is 8.80. The van der Waals surface area contributed by atoms with E-state index in [9.17, 15) is 4.79 Å². The Bertz CT molecular complexity index is 809. The van der Waals surface area contributed by atoms with Crippen molar-refractivity contribution in [3.8, 4) is 0 Å². The van der Waals surface area contributed by atoms with Crippen LogP contribution >= 0.6 is 22.6 Å². The van der Waals surface area contributed by atoms with Crippen molar-refractivity contribution in [1.29, 1.82) is 0 Å². The van der Waals surface area contributed by atoms with Gasteiger partial charge in [-0.15, -0.1) is 0 Å². The van der Waals surface area contributed by atoms with Crippen molar-refractivity contribution < 1.29 is 9.32 Å². The molecule has 2 aromatic rings. The molecule has 8 heteroatoms. The van der Waals surface area contributed by atoms with Gasteiger partial charge in [-0.05, 0) is 90.7 Å². The fourth-order valence-corrected chi connectivity index (χ4v) is 6.54. The maximum Gasteiger partial charge on any atom is 0.316 e. The number of hydrogen-bond acceptors (Lipinski definition) is 5. The van der Waals surface area contributed by atoms with Crippen LogP contribution in [0, 0.1) is 26.7 Å². The Hall–Kier alpha value is -1.45. The summed E-state index contributed by atoms with van der Waals surface area (Å²) in [5.41, 5.74) is 0.471. The van der Waals surface area contributed by atoms with Crippen LogP contribution in [0.15, 0.2) is 16.9 Å². The van der Waals surface area contributed by atoms with Gasteiger partial charge in [0.25, 0.3) is 0 Å². The Balaban J connectivity index is 1.15. The van der Waals surface area contributed by atoms with E-state index in [1.54, 1.807) is 10.9 Å². The highest BCUT2D eigenvalue weighted by Gasteiger charge is 2.50. The summed E-state index contributed by atoms with van der Waals surface area (Å²) in [5.74, 6) is 3.05. The van der Waals surface area contributed by atoms with Crippen LogP contribution in [0.3, 0.4) is 0 Å². The molecule has 0 unspecified atom stereocenters. The van der Waals surface area contributed by atoms with Crippen molar-refractivity contribution in [1.82, 2.24) is 25.2 Å². The van der Waals surface area contributed by atoms with Gasteiger partial charge in [-0.25, -0.2) is 0 Å². The molecule has 1 amide bonds. The molecule has 27 heavy (non-hydrogen) atoms. The summed E-state index contributed by atoms with van der Waals surface area (Å²) >= 11 is 2.19. The highest BCUT2D eigenvalue weighted by Crippen LogP contribution is 2.61. The third kappa shape index (κ3) is 3.64. The Labute approximate surface area is 171 Å². The van der Waals surface area contributed by atoms with Gasteiger partial charge in [0.05, 0.1) is 9.77 Å². The van der Waals surface area contributed by atoms with Crippen LogP contribution in [0.5, 0.6) is 0 Å². The highest BCUT2D eigenvalue weighted by atomic mass is 127. The van der Waals surface area contributed by atoms with Crippen molar-refractivity contribution in [2.75, 3.05) is 6.54 Å². The monoisotopic (exact) mass is 481 g/mol. The average Bonchev–Trinajstić information content (AvgIpc) is 3.23. The minimum Gasteiger partial charge on any atom is -0.348 e. The molecule has 7 nitrogen and oxygen atoms in total. The number of nitrogens with one attached hydrogen (secondary N) is 1. The normalized spacial score (nSPS) is 31.4. The van der Waals surface area contributed by atoms with Crippen LogP contribution in [-0.4, -0.2) is 32.4 Å². The molecular weight excluding hydrogens is 457 g/mol. The van der Waals surface area contributed by atoms with E-state index in [0.29, 0.717) is 24.3 Å². The fourth-order valence-electron chi connectivity index (χ4n) is 6.09. The summed E-state index contributed by atoms with van der Waals surface area (Å²) in [6.45, 7) is 1.09. The van der Waals surface area contributed by atoms with Crippen LogP contribution in [0.25, 0.3) is 0 Å². The molecule has 4 aliphatic rings. The topological polar surface area (TPSA) is 85.8 Å². The third-order valence-corrected chi connectivity index (χ3v) is 7.23. The van der Waals surface area contributed by atoms with E-state index in [1.807, 2.05) is 6.20 Å². The predicted octanol–water partition coefficient (Wildman–Crippen LogP) is 3.26. The lowest BCUT2D eigenvalue weighted by Crippen LogP contribution is -2.47. The Morgan fingerprint density at radius 2 is 1.96 bits per heavy atom. The van der Waals surface area contributed by atoms with E-state index in [2.05, 4.69) is 43.1 Å². The molecule has 1 N–H and O–H groups in total. The van der Waals surface area contributed by atoms with Crippen LogP contribution in [0.1, 0.15) is 61.5 Å². The molecule has 4 aliphatic carbocycles. The Kier molecular flexibility index (Phi) is 4.48. The van der Waals surface area contributed by atoms with E-state index in [0.717, 1.165) is 27.7 Å². The quantitative estimate of drug-likeness (QED) is 0.641. The molecule has 4 bridgehead atoms. The van der Waals surface area contributed by atoms with E-state index in [-0.39, 0.29) is 11.8 Å². The molecule has 2 aromatic heterocycles. The number of aromatic nitrogens is 4. The zero-order valence-electron chi connectivity index (χ0n) is 15.2. The van der Waals surface area contributed by atoms with E-state index >= 15 is 0 Å². The average molecular weight is 481 g/mol. The van der Waals surface area contributed by atoms with E-state index < -0.39 is 0 Å². The smallest absolute Gasteiger partial charge is 0.316 e. The molecule has 0 spiro atoms. The second kappa shape index (κ2) is 6.86. The van der Waals surface area contributed by atoms with Crippen molar-refractivity contribution in [2.24, 2.45) is 23.2 Å². The van der Waals surface area contributed by atoms with Crippen LogP contribution < -0.4 is 5.32 Å². The molecule has 4 saturated carbocycles. The van der Waals surface area contributed by atoms with Crippen molar-refractivity contribution in [2.45, 2.75) is 51.5 Å². The van der Waals surface area contributed by atoms with Gasteiger partial charge in [-0.2, -0.15) is 10.1 Å². The molecule has 0 radical (unpaired) electrons. The van der Waals surface area contributed by atoms with Gasteiger partial charge in [0.2, 0.25) is 0 Å². The van der Waals surface area contributed by atoms with Crippen LogP contribution in [0.4, 0.5) is 0 Å². The fraction of sp³-hybridized carbons (Fsp3) is 0.684. The standard InChI is InChI=1S/C19H24IN5O2/c20-15-9-22-25(10-15)11-16-23-18(27-24-16)17(26)21-2-1-19-6-12-3-13(7-19)5-14(4-12)8-19/h9-10,12-14H,1-8,11H2,(H,21,26). The number of rotatable bonds is 6. The van der Waals surface area contributed by atoms with Crippen LogP contribution in [-0.2, 0) is 6.54 Å². The minimum absolute atomic E-state index is 0.0392. The number of hydrogen-bond donors (Lipinski definition) is 1. The van der Waals surface area contributed by atoms with E-state index in [4.69, 9.17) is 4.52 Å². The Morgan fingerprint density at radius 1 is 1.26 bits per heavy atom. The zero-order valence-corrected chi connectivity index (χ0v) is 17.4. The zero-order chi connectivity index (χ0) is 18.4. The van der Waals surface area contributed by atoms with Crippen molar-refractivity contribution >= 4 is 28.5 Å². The molecule has 144 valence electrons. The first-order chi connectivity index (χ1) is 13.1. The maximum atomic E-state index is 12.4. The van der Waals surface area contributed by atoms with E-state index in [1.165, 1.54) is 38.5 Å². The second-order valence-corrected chi connectivity index (χ2v) is 10.0. The molecule has 0 aromatic carbocycles. The lowest BCUT2D eigenvalue weighted by molar-refractivity contribution is -0.0564. The summed E-state index contributed by atoms with van der Waals surface area (Å²) in [4.78, 5) is 16.6. The van der Waals surface area contributed by atoms with Gasteiger partial charge < -0.3 is 9.84 Å². The van der Waals surface area contributed by atoms with Crippen LogP contribution in [0.2, 0.25) is 0 Å². The molecule has 0 saturated heterocycles. The maximum absolute atomic E-state index is 12.4.